The predicted molar refractivity (Wildman–Crippen MR) is 101 cm³/mol. The number of carbonyl (C=O) groups is 2. The molecule has 5 heteroatoms. The second kappa shape index (κ2) is 7.20. The fraction of sp³-hybridized carbons (Fsp3) is 0.333. The number of nitrogens with one attached hydrogen (secondary N) is 1. The molecule has 3 rings (SSSR count). The number of rotatable bonds is 4. The normalized spacial score (nSPS) is 17.3. The average molecular weight is 352 g/mol. The number of hydrogen-bond donors (Lipinski definition) is 1. The first-order chi connectivity index (χ1) is 12.3. The van der Waals surface area contributed by atoms with Gasteiger partial charge >= 0.3 is 0 Å². The largest absolute Gasteiger partial charge is 0.457 e. The van der Waals surface area contributed by atoms with Crippen LogP contribution in [0.4, 0.5) is 5.69 Å². The molecular formula is C21H24N2O3. The van der Waals surface area contributed by atoms with E-state index in [2.05, 4.69) is 5.32 Å². The summed E-state index contributed by atoms with van der Waals surface area (Å²) < 4.78 is 5.77. The highest BCUT2D eigenvalue weighted by Crippen LogP contribution is 2.27. The van der Waals surface area contributed by atoms with Crippen molar-refractivity contribution < 1.29 is 14.3 Å². The molecule has 0 spiro atoms. The minimum atomic E-state index is -0.465. The summed E-state index contributed by atoms with van der Waals surface area (Å²) in [7, 11) is 0. The second-order valence-electron chi connectivity index (χ2n) is 7.54. The molecular weight excluding hydrogens is 328 g/mol. The second-order valence-corrected chi connectivity index (χ2v) is 7.54. The lowest BCUT2D eigenvalue weighted by Gasteiger charge is -2.22. The molecule has 0 aliphatic carbocycles. The van der Waals surface area contributed by atoms with Crippen molar-refractivity contribution in [2.75, 3.05) is 11.4 Å². The van der Waals surface area contributed by atoms with Gasteiger partial charge < -0.3 is 15.0 Å². The Kier molecular flexibility index (Phi) is 4.98. The lowest BCUT2D eigenvalue weighted by Crippen LogP contribution is -2.43. The van der Waals surface area contributed by atoms with Crippen molar-refractivity contribution >= 4 is 17.5 Å². The Labute approximate surface area is 154 Å². The van der Waals surface area contributed by atoms with Gasteiger partial charge in [0.2, 0.25) is 11.8 Å². The zero-order chi connectivity index (χ0) is 18.7. The molecule has 5 nitrogen and oxygen atoms in total. The summed E-state index contributed by atoms with van der Waals surface area (Å²) in [5.41, 5.74) is 0.343. The summed E-state index contributed by atoms with van der Waals surface area (Å²) >= 11 is 0. The summed E-state index contributed by atoms with van der Waals surface area (Å²) in [6, 6.07) is 16.8. The van der Waals surface area contributed by atoms with E-state index in [9.17, 15) is 9.59 Å². The van der Waals surface area contributed by atoms with Crippen molar-refractivity contribution in [2.45, 2.75) is 33.2 Å². The number of nitrogens with zero attached hydrogens (tertiary/aromatic N) is 1. The van der Waals surface area contributed by atoms with E-state index < -0.39 is 5.41 Å². The number of para-hydroxylation sites is 1. The van der Waals surface area contributed by atoms with Crippen molar-refractivity contribution in [2.24, 2.45) is 5.41 Å². The molecule has 1 N–H and O–H groups in total. The maximum atomic E-state index is 12.3. The van der Waals surface area contributed by atoms with Crippen LogP contribution < -0.4 is 15.0 Å². The van der Waals surface area contributed by atoms with Gasteiger partial charge in [0, 0.05) is 24.1 Å². The summed E-state index contributed by atoms with van der Waals surface area (Å²) in [4.78, 5) is 26.2. The highest BCUT2D eigenvalue weighted by Gasteiger charge is 2.33. The molecule has 2 aromatic rings. The molecule has 0 bridgehead atoms. The van der Waals surface area contributed by atoms with Crippen molar-refractivity contribution in [3.63, 3.8) is 0 Å². The summed E-state index contributed by atoms with van der Waals surface area (Å²) in [6.45, 7) is 6.08. The zero-order valence-electron chi connectivity index (χ0n) is 15.4. The Morgan fingerprint density at radius 1 is 1.04 bits per heavy atom. The molecule has 1 aliphatic heterocycles. The van der Waals surface area contributed by atoms with Crippen LogP contribution >= 0.6 is 0 Å². The number of anilines is 1. The summed E-state index contributed by atoms with van der Waals surface area (Å²) in [6.07, 6.45) is 0.323. The zero-order valence-corrected chi connectivity index (χ0v) is 15.4. The van der Waals surface area contributed by atoms with Crippen LogP contribution in [0.25, 0.3) is 0 Å². The molecule has 1 aliphatic rings. The molecule has 1 atom stereocenters. The smallest absolute Gasteiger partial charge is 0.229 e. The highest BCUT2D eigenvalue weighted by molar-refractivity contribution is 5.97. The molecule has 1 fully saturated rings. The monoisotopic (exact) mass is 352 g/mol. The Hall–Kier alpha value is -2.82. The third-order valence-electron chi connectivity index (χ3n) is 4.27. The Morgan fingerprint density at radius 3 is 2.27 bits per heavy atom. The van der Waals surface area contributed by atoms with Gasteiger partial charge in [0.05, 0.1) is 6.04 Å². The first-order valence-electron chi connectivity index (χ1n) is 8.77. The number of ether oxygens (including phenoxy) is 1. The van der Waals surface area contributed by atoms with Gasteiger partial charge in [0.25, 0.3) is 0 Å². The average Bonchev–Trinajstić information content (AvgIpc) is 2.96. The first-order valence-corrected chi connectivity index (χ1v) is 8.77. The van der Waals surface area contributed by atoms with E-state index in [1.807, 2.05) is 75.4 Å². The Bertz CT molecular complexity index is 779. The summed E-state index contributed by atoms with van der Waals surface area (Å²) in [5.74, 6) is 1.45. The fourth-order valence-electron chi connectivity index (χ4n) is 2.77. The molecule has 1 saturated heterocycles. The lowest BCUT2D eigenvalue weighted by atomic mass is 9.95. The van der Waals surface area contributed by atoms with Gasteiger partial charge in [-0.15, -0.1) is 0 Å². The molecule has 136 valence electrons. The van der Waals surface area contributed by atoms with Crippen LogP contribution in [0.3, 0.4) is 0 Å². The third-order valence-corrected chi connectivity index (χ3v) is 4.27. The third kappa shape index (κ3) is 4.23. The van der Waals surface area contributed by atoms with Gasteiger partial charge in [-0.2, -0.15) is 0 Å². The van der Waals surface area contributed by atoms with Crippen LogP contribution in [0.15, 0.2) is 54.6 Å². The van der Waals surface area contributed by atoms with Crippen LogP contribution in [0.1, 0.15) is 27.2 Å². The van der Waals surface area contributed by atoms with Gasteiger partial charge in [-0.05, 0) is 36.4 Å². The molecule has 1 heterocycles. The van der Waals surface area contributed by atoms with E-state index >= 15 is 0 Å². The van der Waals surface area contributed by atoms with Crippen LogP contribution in [-0.2, 0) is 9.59 Å². The standard InChI is InChI=1S/C21H24N2O3/c1-21(2,3)20(25)22-15-13-19(24)23(14-15)16-9-11-18(12-10-16)26-17-7-5-4-6-8-17/h4-12,15H,13-14H2,1-3H3,(H,22,25)/t15-/m1/s1. The van der Waals surface area contributed by atoms with E-state index in [4.69, 9.17) is 4.74 Å². The quantitative estimate of drug-likeness (QED) is 0.912. The topological polar surface area (TPSA) is 58.6 Å². The molecule has 0 aromatic heterocycles. The summed E-state index contributed by atoms with van der Waals surface area (Å²) in [5, 5.41) is 2.97. The Balaban J connectivity index is 1.64. The predicted octanol–water partition coefficient (Wildman–Crippen LogP) is 3.75. The van der Waals surface area contributed by atoms with Crippen molar-refractivity contribution in [3.05, 3.63) is 54.6 Å². The number of carbonyl (C=O) groups excluding carboxylic acids is 2. The van der Waals surface area contributed by atoms with Crippen LogP contribution in [0.5, 0.6) is 11.5 Å². The van der Waals surface area contributed by atoms with Crippen molar-refractivity contribution in [3.8, 4) is 11.5 Å². The fourth-order valence-corrected chi connectivity index (χ4v) is 2.77. The minimum Gasteiger partial charge on any atom is -0.457 e. The van der Waals surface area contributed by atoms with Crippen LogP contribution in [0, 0.1) is 5.41 Å². The first kappa shape index (κ1) is 18.0. The van der Waals surface area contributed by atoms with Crippen molar-refractivity contribution in [1.29, 1.82) is 0 Å². The molecule has 0 unspecified atom stereocenters. The van der Waals surface area contributed by atoms with Gasteiger partial charge in [-0.1, -0.05) is 39.0 Å². The van der Waals surface area contributed by atoms with Crippen molar-refractivity contribution in [1.82, 2.24) is 5.32 Å². The van der Waals surface area contributed by atoms with E-state index in [0.29, 0.717) is 18.7 Å². The SMILES string of the molecule is CC(C)(C)C(=O)N[C@@H]1CC(=O)N(c2ccc(Oc3ccccc3)cc2)C1. The van der Waals surface area contributed by atoms with Gasteiger partial charge in [-0.25, -0.2) is 0 Å². The maximum absolute atomic E-state index is 12.3. The molecule has 26 heavy (non-hydrogen) atoms. The molecule has 0 radical (unpaired) electrons. The Morgan fingerprint density at radius 2 is 1.65 bits per heavy atom. The molecule has 2 amide bonds. The van der Waals surface area contributed by atoms with E-state index in [1.54, 1.807) is 4.90 Å². The highest BCUT2D eigenvalue weighted by atomic mass is 16.5. The van der Waals surface area contributed by atoms with E-state index in [1.165, 1.54) is 0 Å². The molecule has 0 saturated carbocycles. The maximum Gasteiger partial charge on any atom is 0.229 e. The molecule has 2 aromatic carbocycles. The number of hydrogen-bond acceptors (Lipinski definition) is 3. The van der Waals surface area contributed by atoms with E-state index in [-0.39, 0.29) is 17.9 Å². The van der Waals surface area contributed by atoms with Crippen LogP contribution in [-0.4, -0.2) is 24.4 Å². The number of amides is 2. The number of benzene rings is 2. The van der Waals surface area contributed by atoms with Gasteiger partial charge in [-0.3, -0.25) is 9.59 Å². The minimum absolute atomic E-state index is 0.0148. The van der Waals surface area contributed by atoms with E-state index in [0.717, 1.165) is 11.4 Å². The van der Waals surface area contributed by atoms with Gasteiger partial charge in [0.1, 0.15) is 11.5 Å². The van der Waals surface area contributed by atoms with Crippen LogP contribution in [0.2, 0.25) is 0 Å². The lowest BCUT2D eigenvalue weighted by molar-refractivity contribution is -0.129. The van der Waals surface area contributed by atoms with Gasteiger partial charge in [0.15, 0.2) is 0 Å².